The number of H-pyrrole nitrogens is 1. The number of hydrogen-bond acceptors (Lipinski definition) is 3. The second-order valence-electron chi connectivity index (χ2n) is 6.22. The lowest BCUT2D eigenvalue weighted by molar-refractivity contribution is -0.166. The molecule has 0 atom stereocenters. The molecule has 1 aliphatic rings. The van der Waals surface area contributed by atoms with Gasteiger partial charge in [0.1, 0.15) is 18.5 Å². The van der Waals surface area contributed by atoms with Gasteiger partial charge in [-0.15, -0.1) is 0 Å². The Kier molecular flexibility index (Phi) is 3.80. The quantitative estimate of drug-likeness (QED) is 0.761. The highest BCUT2D eigenvalue weighted by molar-refractivity contribution is 6.30. The molecule has 1 aromatic carbocycles. The number of nitrogens with zero attached hydrogens (tertiary/aromatic N) is 3. The minimum absolute atomic E-state index is 0.330. The van der Waals surface area contributed by atoms with Gasteiger partial charge in [-0.3, -0.25) is 14.2 Å². The number of likely N-dealkylation sites (tertiary alicyclic amines) is 1. The number of carbonyl (C=O) groups is 1. The Hall–Kier alpha value is -2.74. The third-order valence-electron chi connectivity index (χ3n) is 4.32. The predicted molar refractivity (Wildman–Crippen MR) is 92.3 cm³/mol. The van der Waals surface area contributed by atoms with Crippen LogP contribution in [0.4, 0.5) is 8.78 Å². The third kappa shape index (κ3) is 2.86. The summed E-state index contributed by atoms with van der Waals surface area (Å²) in [7, 11) is 0. The fourth-order valence-electron chi connectivity index (χ4n) is 2.96. The topological polar surface area (TPSA) is 71.0 Å². The number of amides is 1. The maximum Gasteiger partial charge on any atom is 0.282 e. The molecule has 3 heterocycles. The van der Waals surface area contributed by atoms with Crippen molar-refractivity contribution in [3.63, 3.8) is 0 Å². The van der Waals surface area contributed by atoms with Crippen molar-refractivity contribution in [1.82, 2.24) is 19.4 Å². The molecule has 1 saturated heterocycles. The van der Waals surface area contributed by atoms with Crippen LogP contribution in [-0.4, -0.2) is 44.4 Å². The number of rotatable bonds is 3. The van der Waals surface area contributed by atoms with Crippen LogP contribution in [0.25, 0.3) is 22.2 Å². The molecule has 1 amide bonds. The van der Waals surface area contributed by atoms with E-state index in [9.17, 15) is 18.4 Å². The molecule has 0 unspecified atom stereocenters. The summed E-state index contributed by atoms with van der Waals surface area (Å²) < 4.78 is 27.0. The Labute approximate surface area is 151 Å². The average Bonchev–Trinajstić information content (AvgIpc) is 3.00. The molecule has 134 valence electrons. The summed E-state index contributed by atoms with van der Waals surface area (Å²) >= 11 is 5.89. The number of halogens is 3. The number of hydrogen-bond donors (Lipinski definition) is 1. The van der Waals surface area contributed by atoms with Crippen LogP contribution in [0.3, 0.4) is 0 Å². The van der Waals surface area contributed by atoms with E-state index in [2.05, 4.69) is 9.97 Å². The summed E-state index contributed by atoms with van der Waals surface area (Å²) in [5, 5.41) is 0.901. The van der Waals surface area contributed by atoms with Gasteiger partial charge in [0.15, 0.2) is 0 Å². The van der Waals surface area contributed by atoms with Crippen molar-refractivity contribution in [3.05, 3.63) is 52.2 Å². The highest BCUT2D eigenvalue weighted by Gasteiger charge is 2.46. The maximum absolute atomic E-state index is 12.9. The lowest BCUT2D eigenvalue weighted by Gasteiger charge is -2.38. The molecule has 0 radical (unpaired) electrons. The first kappa shape index (κ1) is 16.7. The maximum atomic E-state index is 12.9. The highest BCUT2D eigenvalue weighted by Crippen LogP contribution is 2.28. The van der Waals surface area contributed by atoms with Crippen molar-refractivity contribution < 1.29 is 13.6 Å². The summed E-state index contributed by atoms with van der Waals surface area (Å²) in [6.07, 6.45) is 2.90. The third-order valence-corrected chi connectivity index (χ3v) is 4.57. The highest BCUT2D eigenvalue weighted by atomic mass is 35.5. The molecule has 1 aliphatic heterocycles. The number of aromatic nitrogens is 3. The van der Waals surface area contributed by atoms with E-state index in [1.165, 1.54) is 6.33 Å². The SMILES string of the molecule is O=C(Cn1cnc2[nH]cc(-c3ccc(Cl)cc3)c2c1=O)N1CC(F)(F)C1. The molecule has 3 aromatic rings. The van der Waals surface area contributed by atoms with Crippen molar-refractivity contribution in [2.24, 2.45) is 0 Å². The monoisotopic (exact) mass is 378 g/mol. The van der Waals surface area contributed by atoms with E-state index >= 15 is 0 Å². The van der Waals surface area contributed by atoms with Crippen molar-refractivity contribution >= 4 is 28.5 Å². The van der Waals surface area contributed by atoms with Crippen molar-refractivity contribution in [2.75, 3.05) is 13.1 Å². The molecule has 9 heteroatoms. The Balaban J connectivity index is 1.68. The fourth-order valence-corrected chi connectivity index (χ4v) is 3.08. The Morgan fingerprint density at radius 1 is 1.27 bits per heavy atom. The number of alkyl halides is 2. The average molecular weight is 379 g/mol. The van der Waals surface area contributed by atoms with Crippen molar-refractivity contribution in [2.45, 2.75) is 12.5 Å². The standard InChI is InChI=1S/C17H13ClF2N4O2/c18-11-3-1-10(2-4-11)12-5-21-15-14(12)16(26)23(9-22-15)6-13(25)24-7-17(19,20)8-24/h1-5,9,21H,6-8H2. The molecule has 0 spiro atoms. The van der Waals surface area contributed by atoms with Crippen LogP contribution in [0.15, 0.2) is 41.6 Å². The van der Waals surface area contributed by atoms with E-state index in [1.54, 1.807) is 30.5 Å². The minimum atomic E-state index is -2.84. The second-order valence-corrected chi connectivity index (χ2v) is 6.65. The van der Waals surface area contributed by atoms with Gasteiger partial charge in [-0.05, 0) is 17.7 Å². The normalized spacial score (nSPS) is 15.9. The van der Waals surface area contributed by atoms with E-state index < -0.39 is 30.5 Å². The van der Waals surface area contributed by atoms with Crippen LogP contribution in [0.2, 0.25) is 5.02 Å². The summed E-state index contributed by atoms with van der Waals surface area (Å²) in [6.45, 7) is -1.56. The van der Waals surface area contributed by atoms with Crippen LogP contribution < -0.4 is 5.56 Å². The van der Waals surface area contributed by atoms with Gasteiger partial charge in [-0.1, -0.05) is 23.7 Å². The Morgan fingerprint density at radius 3 is 2.62 bits per heavy atom. The van der Waals surface area contributed by atoms with Crippen LogP contribution in [0, 0.1) is 0 Å². The number of carbonyl (C=O) groups excluding carboxylic acids is 1. The summed E-state index contributed by atoms with van der Waals surface area (Å²) in [5.41, 5.74) is 1.37. The molecule has 1 fully saturated rings. The van der Waals surface area contributed by atoms with E-state index in [4.69, 9.17) is 11.6 Å². The van der Waals surface area contributed by atoms with E-state index in [-0.39, 0.29) is 6.54 Å². The summed E-state index contributed by atoms with van der Waals surface area (Å²) in [6, 6.07) is 6.96. The first-order chi connectivity index (χ1) is 12.3. The van der Waals surface area contributed by atoms with Gasteiger partial charge in [0.05, 0.1) is 18.5 Å². The lowest BCUT2D eigenvalue weighted by atomic mass is 10.1. The zero-order valence-corrected chi connectivity index (χ0v) is 14.1. The molecule has 6 nitrogen and oxygen atoms in total. The zero-order valence-electron chi connectivity index (χ0n) is 13.4. The van der Waals surface area contributed by atoms with Gasteiger partial charge >= 0.3 is 0 Å². The van der Waals surface area contributed by atoms with Crippen LogP contribution in [-0.2, 0) is 11.3 Å². The van der Waals surface area contributed by atoms with Gasteiger partial charge in [0.25, 0.3) is 11.5 Å². The zero-order chi connectivity index (χ0) is 18.5. The van der Waals surface area contributed by atoms with Crippen LogP contribution >= 0.6 is 11.6 Å². The molecule has 0 aliphatic carbocycles. The number of fused-ring (bicyclic) bond motifs is 1. The summed E-state index contributed by atoms with van der Waals surface area (Å²) in [4.78, 5) is 33.0. The number of aromatic amines is 1. The Morgan fingerprint density at radius 2 is 1.96 bits per heavy atom. The van der Waals surface area contributed by atoms with Crippen molar-refractivity contribution in [1.29, 1.82) is 0 Å². The molecule has 4 rings (SSSR count). The van der Waals surface area contributed by atoms with E-state index in [0.29, 0.717) is 21.6 Å². The first-order valence-corrected chi connectivity index (χ1v) is 8.20. The summed E-state index contributed by atoms with van der Waals surface area (Å²) in [5.74, 6) is -3.38. The molecular weight excluding hydrogens is 366 g/mol. The van der Waals surface area contributed by atoms with Gasteiger partial charge in [0, 0.05) is 16.8 Å². The van der Waals surface area contributed by atoms with Crippen LogP contribution in [0.1, 0.15) is 0 Å². The van der Waals surface area contributed by atoms with Gasteiger partial charge in [-0.2, -0.15) is 0 Å². The molecule has 0 saturated carbocycles. The lowest BCUT2D eigenvalue weighted by Crippen LogP contribution is -2.59. The van der Waals surface area contributed by atoms with E-state index in [1.807, 2.05) is 0 Å². The smallest absolute Gasteiger partial charge is 0.282 e. The molecule has 1 N–H and O–H groups in total. The fraction of sp³-hybridized carbons (Fsp3) is 0.235. The van der Waals surface area contributed by atoms with Gasteiger partial charge in [0.2, 0.25) is 5.91 Å². The molecule has 2 aromatic heterocycles. The second kappa shape index (κ2) is 5.91. The predicted octanol–water partition coefficient (Wildman–Crippen LogP) is 2.52. The van der Waals surface area contributed by atoms with E-state index in [0.717, 1.165) is 15.0 Å². The molecule has 26 heavy (non-hydrogen) atoms. The number of benzene rings is 1. The largest absolute Gasteiger partial charge is 0.345 e. The number of nitrogens with one attached hydrogen (secondary N) is 1. The first-order valence-electron chi connectivity index (χ1n) is 7.82. The van der Waals surface area contributed by atoms with Crippen LogP contribution in [0.5, 0.6) is 0 Å². The molecular formula is C17H13ClF2N4O2. The van der Waals surface area contributed by atoms with Gasteiger partial charge < -0.3 is 9.88 Å². The van der Waals surface area contributed by atoms with Gasteiger partial charge in [-0.25, -0.2) is 13.8 Å². The van der Waals surface area contributed by atoms with Crippen molar-refractivity contribution in [3.8, 4) is 11.1 Å². The molecule has 0 bridgehead atoms. The minimum Gasteiger partial charge on any atom is -0.345 e. The Bertz CT molecular complexity index is 1050.